The second-order valence-corrected chi connectivity index (χ2v) is 6.52. The van der Waals surface area contributed by atoms with Gasteiger partial charge in [-0.05, 0) is 19.2 Å². The standard InChI is InChI=1S/C12H18N4S2/c1-13-9-10-11(14-12-16(10)5-8-18-12)15-3-2-6-17-7-4-15/h5,8,13H,2-4,6-7,9H2,1H3. The van der Waals surface area contributed by atoms with Gasteiger partial charge in [0, 0.05) is 37.0 Å². The summed E-state index contributed by atoms with van der Waals surface area (Å²) in [6, 6.07) is 0. The highest BCUT2D eigenvalue weighted by Gasteiger charge is 2.19. The molecule has 0 saturated carbocycles. The fraction of sp³-hybridized carbons (Fsp3) is 0.583. The molecule has 0 bridgehead atoms. The molecule has 1 saturated heterocycles. The molecule has 0 unspecified atom stereocenters. The molecule has 0 atom stereocenters. The minimum atomic E-state index is 0.872. The van der Waals surface area contributed by atoms with Gasteiger partial charge in [0.25, 0.3) is 0 Å². The summed E-state index contributed by atoms with van der Waals surface area (Å²) < 4.78 is 2.22. The summed E-state index contributed by atoms with van der Waals surface area (Å²) in [6.07, 6.45) is 3.38. The maximum Gasteiger partial charge on any atom is 0.195 e. The van der Waals surface area contributed by atoms with Crippen molar-refractivity contribution >= 4 is 33.9 Å². The summed E-state index contributed by atoms with van der Waals surface area (Å²) in [5.41, 5.74) is 1.29. The van der Waals surface area contributed by atoms with Gasteiger partial charge in [0.2, 0.25) is 0 Å². The van der Waals surface area contributed by atoms with Crippen LogP contribution in [0.25, 0.3) is 4.96 Å². The van der Waals surface area contributed by atoms with E-state index < -0.39 is 0 Å². The van der Waals surface area contributed by atoms with Crippen molar-refractivity contribution in [3.63, 3.8) is 0 Å². The molecule has 1 N–H and O–H groups in total. The first kappa shape index (κ1) is 12.3. The highest BCUT2D eigenvalue weighted by atomic mass is 32.2. The van der Waals surface area contributed by atoms with Gasteiger partial charge in [0.05, 0.1) is 5.69 Å². The number of nitrogens with one attached hydrogen (secondary N) is 1. The predicted molar refractivity (Wildman–Crippen MR) is 80.0 cm³/mol. The molecule has 3 heterocycles. The summed E-state index contributed by atoms with van der Waals surface area (Å²) in [7, 11) is 1.99. The molecule has 0 aliphatic carbocycles. The van der Waals surface area contributed by atoms with E-state index >= 15 is 0 Å². The normalized spacial score (nSPS) is 17.3. The van der Waals surface area contributed by atoms with Crippen molar-refractivity contribution < 1.29 is 0 Å². The topological polar surface area (TPSA) is 32.6 Å². The van der Waals surface area contributed by atoms with E-state index in [-0.39, 0.29) is 0 Å². The molecule has 4 nitrogen and oxygen atoms in total. The van der Waals surface area contributed by atoms with Crippen LogP contribution in [-0.4, -0.2) is 41.0 Å². The summed E-state index contributed by atoms with van der Waals surface area (Å²) in [6.45, 7) is 3.12. The summed E-state index contributed by atoms with van der Waals surface area (Å²) in [5.74, 6) is 3.67. The second-order valence-electron chi connectivity index (χ2n) is 4.42. The van der Waals surface area contributed by atoms with E-state index in [0.29, 0.717) is 0 Å². The second kappa shape index (κ2) is 5.50. The van der Waals surface area contributed by atoms with Gasteiger partial charge in [-0.15, -0.1) is 11.3 Å². The zero-order chi connectivity index (χ0) is 12.4. The molecule has 0 aromatic carbocycles. The lowest BCUT2D eigenvalue weighted by atomic mass is 10.3. The quantitative estimate of drug-likeness (QED) is 0.934. The fourth-order valence-electron chi connectivity index (χ4n) is 2.36. The highest BCUT2D eigenvalue weighted by molar-refractivity contribution is 7.99. The van der Waals surface area contributed by atoms with Crippen LogP contribution in [0.15, 0.2) is 11.6 Å². The average molecular weight is 282 g/mol. The zero-order valence-electron chi connectivity index (χ0n) is 10.6. The molecule has 1 aliphatic rings. The maximum absolute atomic E-state index is 4.81. The molecular formula is C12H18N4S2. The number of imidazole rings is 1. The third-order valence-electron chi connectivity index (χ3n) is 3.21. The number of fused-ring (bicyclic) bond motifs is 1. The number of hydrogen-bond acceptors (Lipinski definition) is 5. The number of thioether (sulfide) groups is 1. The van der Waals surface area contributed by atoms with Crippen LogP contribution >= 0.6 is 23.1 Å². The largest absolute Gasteiger partial charge is 0.354 e. The third kappa shape index (κ3) is 2.24. The minimum Gasteiger partial charge on any atom is -0.354 e. The molecule has 6 heteroatoms. The predicted octanol–water partition coefficient (Wildman–Crippen LogP) is 2.06. The van der Waals surface area contributed by atoms with Crippen molar-refractivity contribution in [1.82, 2.24) is 14.7 Å². The molecule has 2 aromatic rings. The first-order valence-electron chi connectivity index (χ1n) is 6.32. The molecule has 0 amide bonds. The van der Waals surface area contributed by atoms with E-state index in [9.17, 15) is 0 Å². The van der Waals surface area contributed by atoms with Gasteiger partial charge in [-0.3, -0.25) is 4.40 Å². The first-order valence-corrected chi connectivity index (χ1v) is 8.35. The van der Waals surface area contributed by atoms with Gasteiger partial charge in [0.15, 0.2) is 10.8 Å². The Morgan fingerprint density at radius 1 is 1.39 bits per heavy atom. The van der Waals surface area contributed by atoms with Crippen LogP contribution in [0, 0.1) is 0 Å². The lowest BCUT2D eigenvalue weighted by molar-refractivity contribution is 0.754. The van der Waals surface area contributed by atoms with Crippen molar-refractivity contribution in [3.8, 4) is 0 Å². The summed E-state index contributed by atoms with van der Waals surface area (Å²) >= 11 is 3.76. The Morgan fingerprint density at radius 2 is 2.33 bits per heavy atom. The number of hydrogen-bond donors (Lipinski definition) is 1. The van der Waals surface area contributed by atoms with Crippen molar-refractivity contribution in [2.75, 3.05) is 36.5 Å². The number of anilines is 1. The highest BCUT2D eigenvalue weighted by Crippen LogP contribution is 2.26. The molecule has 98 valence electrons. The Hall–Kier alpha value is -0.720. The summed E-state index contributed by atoms with van der Waals surface area (Å²) in [5, 5.41) is 5.36. The lowest BCUT2D eigenvalue weighted by Crippen LogP contribution is -2.27. The van der Waals surface area contributed by atoms with E-state index in [4.69, 9.17) is 4.98 Å². The summed E-state index contributed by atoms with van der Waals surface area (Å²) in [4.78, 5) is 8.37. The van der Waals surface area contributed by atoms with Gasteiger partial charge in [-0.1, -0.05) is 0 Å². The fourth-order valence-corrected chi connectivity index (χ4v) is 3.98. The van der Waals surface area contributed by atoms with Gasteiger partial charge in [-0.25, -0.2) is 4.98 Å². The van der Waals surface area contributed by atoms with E-state index in [1.807, 2.05) is 7.05 Å². The molecule has 0 radical (unpaired) electrons. The van der Waals surface area contributed by atoms with Gasteiger partial charge in [-0.2, -0.15) is 11.8 Å². The van der Waals surface area contributed by atoms with E-state index in [0.717, 1.165) is 24.6 Å². The molecule has 1 aliphatic heterocycles. The number of nitrogens with zero attached hydrogens (tertiary/aromatic N) is 3. The van der Waals surface area contributed by atoms with Crippen LogP contribution in [0.5, 0.6) is 0 Å². The number of aromatic nitrogens is 2. The van der Waals surface area contributed by atoms with Crippen molar-refractivity contribution in [2.24, 2.45) is 0 Å². The molecular weight excluding hydrogens is 264 g/mol. The Morgan fingerprint density at radius 3 is 3.22 bits per heavy atom. The van der Waals surface area contributed by atoms with E-state index in [1.54, 1.807) is 11.3 Å². The Kier molecular flexibility index (Phi) is 3.77. The first-order chi connectivity index (χ1) is 8.90. The average Bonchev–Trinajstić information content (AvgIpc) is 2.83. The lowest BCUT2D eigenvalue weighted by Gasteiger charge is -2.21. The van der Waals surface area contributed by atoms with E-state index in [1.165, 1.54) is 29.4 Å². The molecule has 3 rings (SSSR count). The Bertz CT molecular complexity index is 511. The molecule has 18 heavy (non-hydrogen) atoms. The van der Waals surface area contributed by atoms with Crippen LogP contribution in [0.1, 0.15) is 12.1 Å². The van der Waals surface area contributed by atoms with Crippen LogP contribution < -0.4 is 10.2 Å². The zero-order valence-corrected chi connectivity index (χ0v) is 12.2. The van der Waals surface area contributed by atoms with Crippen LogP contribution in [0.4, 0.5) is 5.82 Å². The maximum atomic E-state index is 4.81. The van der Waals surface area contributed by atoms with Gasteiger partial charge in [0.1, 0.15) is 0 Å². The van der Waals surface area contributed by atoms with Gasteiger partial charge >= 0.3 is 0 Å². The van der Waals surface area contributed by atoms with E-state index in [2.05, 4.69) is 38.0 Å². The third-order valence-corrected chi connectivity index (χ3v) is 5.01. The monoisotopic (exact) mass is 282 g/mol. The molecule has 2 aromatic heterocycles. The SMILES string of the molecule is CNCc1c(N2CCCSCC2)nc2sccn12. The minimum absolute atomic E-state index is 0.872. The number of rotatable bonds is 3. The Labute approximate surface area is 115 Å². The van der Waals surface area contributed by atoms with Crippen molar-refractivity contribution in [2.45, 2.75) is 13.0 Å². The van der Waals surface area contributed by atoms with Gasteiger partial charge < -0.3 is 10.2 Å². The van der Waals surface area contributed by atoms with Crippen molar-refractivity contribution in [1.29, 1.82) is 0 Å². The van der Waals surface area contributed by atoms with Crippen LogP contribution in [-0.2, 0) is 6.54 Å². The molecule has 1 fully saturated rings. The van der Waals surface area contributed by atoms with Crippen LogP contribution in [0.3, 0.4) is 0 Å². The van der Waals surface area contributed by atoms with Crippen LogP contribution in [0.2, 0.25) is 0 Å². The number of thiazole rings is 1. The smallest absolute Gasteiger partial charge is 0.195 e. The van der Waals surface area contributed by atoms with Crippen molar-refractivity contribution in [3.05, 3.63) is 17.3 Å². The Balaban J connectivity index is 1.97. The molecule has 0 spiro atoms.